The second-order valence-corrected chi connectivity index (χ2v) is 4.47. The molecule has 0 aliphatic heterocycles. The van der Waals surface area contributed by atoms with Gasteiger partial charge in [-0.25, -0.2) is 0 Å². The van der Waals surface area contributed by atoms with Gasteiger partial charge in [0.15, 0.2) is 0 Å². The van der Waals surface area contributed by atoms with Crippen LogP contribution in [0.3, 0.4) is 0 Å². The van der Waals surface area contributed by atoms with Crippen molar-refractivity contribution in [3.05, 3.63) is 65.7 Å². The number of benzene rings is 2. The van der Waals surface area contributed by atoms with Gasteiger partial charge < -0.3 is 10.1 Å². The lowest BCUT2D eigenvalue weighted by atomic mass is 10.2. The highest BCUT2D eigenvalue weighted by Crippen LogP contribution is 2.16. The maximum absolute atomic E-state index is 8.94. The van der Waals surface area contributed by atoms with Crippen LogP contribution in [0.15, 0.2) is 54.6 Å². The molecule has 3 heteroatoms. The minimum absolute atomic E-state index is 0.588. The number of nitriles is 1. The van der Waals surface area contributed by atoms with Gasteiger partial charge in [0.05, 0.1) is 12.2 Å². The van der Waals surface area contributed by atoms with Crippen LogP contribution >= 0.6 is 0 Å². The predicted octanol–water partition coefficient (Wildman–Crippen LogP) is 3.12. The first-order valence-corrected chi connectivity index (χ1v) is 6.77. The summed E-state index contributed by atoms with van der Waals surface area (Å²) in [6.45, 7) is 2.37. The zero-order chi connectivity index (χ0) is 14.0. The molecule has 1 N–H and O–H groups in total. The van der Waals surface area contributed by atoms with Gasteiger partial charge in [0.2, 0.25) is 0 Å². The second-order valence-electron chi connectivity index (χ2n) is 4.47. The van der Waals surface area contributed by atoms with E-state index in [1.807, 2.05) is 36.4 Å². The fourth-order valence-corrected chi connectivity index (χ4v) is 1.89. The number of rotatable bonds is 7. The van der Waals surface area contributed by atoms with Crippen molar-refractivity contribution >= 4 is 0 Å². The average molecular weight is 266 g/mol. The highest BCUT2D eigenvalue weighted by atomic mass is 16.5. The Balaban J connectivity index is 1.64. The van der Waals surface area contributed by atoms with E-state index in [9.17, 15) is 0 Å². The molecule has 0 saturated heterocycles. The minimum Gasteiger partial charge on any atom is -0.492 e. The van der Waals surface area contributed by atoms with Crippen LogP contribution in [0.4, 0.5) is 0 Å². The van der Waals surface area contributed by atoms with Crippen molar-refractivity contribution in [3.8, 4) is 11.8 Å². The molecular weight excluding hydrogens is 248 g/mol. The van der Waals surface area contributed by atoms with Crippen molar-refractivity contribution < 1.29 is 4.74 Å². The van der Waals surface area contributed by atoms with Gasteiger partial charge in [-0.3, -0.25) is 0 Å². The van der Waals surface area contributed by atoms with Gasteiger partial charge in [-0.05, 0) is 30.7 Å². The number of nitrogens with one attached hydrogen (secondary N) is 1. The van der Waals surface area contributed by atoms with E-state index in [0.717, 1.165) is 19.5 Å². The molecule has 0 heterocycles. The molecule has 2 aromatic carbocycles. The van der Waals surface area contributed by atoms with Gasteiger partial charge in [0.25, 0.3) is 0 Å². The molecule has 3 nitrogen and oxygen atoms in total. The summed E-state index contributed by atoms with van der Waals surface area (Å²) in [5.41, 5.74) is 1.87. The number of hydrogen-bond donors (Lipinski definition) is 1. The van der Waals surface area contributed by atoms with Crippen molar-refractivity contribution in [2.75, 3.05) is 13.2 Å². The summed E-state index contributed by atoms with van der Waals surface area (Å²) in [6.07, 6.45) is 0.909. The van der Waals surface area contributed by atoms with Gasteiger partial charge in [-0.15, -0.1) is 0 Å². The third kappa shape index (κ3) is 4.42. The largest absolute Gasteiger partial charge is 0.492 e. The third-order valence-corrected chi connectivity index (χ3v) is 2.93. The van der Waals surface area contributed by atoms with Crippen LogP contribution in [0, 0.1) is 11.3 Å². The van der Waals surface area contributed by atoms with E-state index in [2.05, 4.69) is 23.5 Å². The van der Waals surface area contributed by atoms with Crippen LogP contribution in [-0.4, -0.2) is 13.2 Å². The summed E-state index contributed by atoms with van der Waals surface area (Å²) in [4.78, 5) is 0. The monoisotopic (exact) mass is 266 g/mol. The Morgan fingerprint density at radius 2 is 1.75 bits per heavy atom. The van der Waals surface area contributed by atoms with Gasteiger partial charge in [0, 0.05) is 6.54 Å². The van der Waals surface area contributed by atoms with E-state index in [1.54, 1.807) is 6.07 Å². The van der Waals surface area contributed by atoms with Gasteiger partial charge in [0.1, 0.15) is 11.8 Å². The highest BCUT2D eigenvalue weighted by Gasteiger charge is 2.00. The second kappa shape index (κ2) is 7.98. The summed E-state index contributed by atoms with van der Waals surface area (Å²) in [5.74, 6) is 0.665. The van der Waals surface area contributed by atoms with Crippen molar-refractivity contribution in [2.45, 2.75) is 13.0 Å². The first-order chi connectivity index (χ1) is 9.90. The van der Waals surface area contributed by atoms with E-state index >= 15 is 0 Å². The molecule has 102 valence electrons. The lowest BCUT2D eigenvalue weighted by Gasteiger charge is -2.08. The van der Waals surface area contributed by atoms with Gasteiger partial charge in [-0.1, -0.05) is 42.5 Å². The zero-order valence-corrected chi connectivity index (χ0v) is 11.4. The smallest absolute Gasteiger partial charge is 0.137 e. The van der Waals surface area contributed by atoms with Crippen LogP contribution in [0.2, 0.25) is 0 Å². The number of nitrogens with zero attached hydrogens (tertiary/aromatic N) is 1. The standard InChI is InChI=1S/C17H18N2O/c18-13-16-9-4-5-10-17(16)20-12-6-11-19-14-15-7-2-1-3-8-15/h1-5,7-10,19H,6,11-12,14H2. The quantitative estimate of drug-likeness (QED) is 0.783. The average Bonchev–Trinajstić information content (AvgIpc) is 2.52. The van der Waals surface area contributed by atoms with E-state index in [1.165, 1.54) is 5.56 Å². The topological polar surface area (TPSA) is 45.0 Å². The van der Waals surface area contributed by atoms with Crippen molar-refractivity contribution in [1.29, 1.82) is 5.26 Å². The van der Waals surface area contributed by atoms with Crippen LogP contribution < -0.4 is 10.1 Å². The van der Waals surface area contributed by atoms with E-state index in [-0.39, 0.29) is 0 Å². The first-order valence-electron chi connectivity index (χ1n) is 6.77. The van der Waals surface area contributed by atoms with Gasteiger partial charge in [-0.2, -0.15) is 5.26 Å². The number of ether oxygens (including phenoxy) is 1. The van der Waals surface area contributed by atoms with E-state index in [4.69, 9.17) is 10.00 Å². The van der Waals surface area contributed by atoms with Crippen LogP contribution in [0.5, 0.6) is 5.75 Å². The molecule has 0 aliphatic carbocycles. The number of hydrogen-bond acceptors (Lipinski definition) is 3. The Kier molecular flexibility index (Phi) is 5.63. The van der Waals surface area contributed by atoms with Gasteiger partial charge >= 0.3 is 0 Å². The Morgan fingerprint density at radius 3 is 2.55 bits per heavy atom. The molecule has 0 saturated carbocycles. The van der Waals surface area contributed by atoms with E-state index < -0.39 is 0 Å². The van der Waals surface area contributed by atoms with Crippen LogP contribution in [0.25, 0.3) is 0 Å². The summed E-state index contributed by atoms with van der Waals surface area (Å²) < 4.78 is 5.62. The normalized spacial score (nSPS) is 9.95. The van der Waals surface area contributed by atoms with Crippen molar-refractivity contribution in [3.63, 3.8) is 0 Å². The molecule has 0 atom stereocenters. The van der Waals surface area contributed by atoms with Crippen molar-refractivity contribution in [2.24, 2.45) is 0 Å². The highest BCUT2D eigenvalue weighted by molar-refractivity contribution is 5.42. The third-order valence-electron chi connectivity index (χ3n) is 2.93. The summed E-state index contributed by atoms with van der Waals surface area (Å²) >= 11 is 0. The molecule has 0 unspecified atom stereocenters. The Labute approximate surface area is 119 Å². The predicted molar refractivity (Wildman–Crippen MR) is 79.4 cm³/mol. The molecular formula is C17H18N2O. The lowest BCUT2D eigenvalue weighted by Crippen LogP contribution is -2.17. The summed E-state index contributed by atoms with van der Waals surface area (Å²) in [7, 11) is 0. The minimum atomic E-state index is 0.588. The molecule has 20 heavy (non-hydrogen) atoms. The van der Waals surface area contributed by atoms with Crippen LogP contribution in [0.1, 0.15) is 17.5 Å². The Hall–Kier alpha value is -2.31. The number of para-hydroxylation sites is 1. The molecule has 0 radical (unpaired) electrons. The molecule has 0 fully saturated rings. The molecule has 2 aromatic rings. The molecule has 2 rings (SSSR count). The lowest BCUT2D eigenvalue weighted by molar-refractivity contribution is 0.307. The van der Waals surface area contributed by atoms with E-state index in [0.29, 0.717) is 17.9 Å². The molecule has 0 spiro atoms. The van der Waals surface area contributed by atoms with Crippen LogP contribution in [-0.2, 0) is 6.54 Å². The molecule has 0 aromatic heterocycles. The summed E-state index contributed by atoms with van der Waals surface area (Å²) in [5, 5.41) is 12.3. The summed E-state index contributed by atoms with van der Waals surface area (Å²) in [6, 6.07) is 19.8. The molecule has 0 amide bonds. The fraction of sp³-hybridized carbons (Fsp3) is 0.235. The Morgan fingerprint density at radius 1 is 1.00 bits per heavy atom. The fourth-order valence-electron chi connectivity index (χ4n) is 1.89. The first kappa shape index (κ1) is 14.1. The molecule has 0 aliphatic rings. The zero-order valence-electron chi connectivity index (χ0n) is 11.4. The SMILES string of the molecule is N#Cc1ccccc1OCCCNCc1ccccc1. The maximum atomic E-state index is 8.94. The maximum Gasteiger partial charge on any atom is 0.137 e. The molecule has 0 bridgehead atoms. The van der Waals surface area contributed by atoms with Crippen molar-refractivity contribution in [1.82, 2.24) is 5.32 Å². The Bertz CT molecular complexity index is 561.